The Hall–Kier alpha value is -2.62. The first kappa shape index (κ1) is 21.4. The predicted octanol–water partition coefficient (Wildman–Crippen LogP) is 0.270. The number of aromatic hydroxyl groups is 1. The van der Waals surface area contributed by atoms with Gasteiger partial charge in [-0.1, -0.05) is 6.07 Å². The molecule has 0 amide bonds. The molecule has 2 atom stereocenters. The molecule has 1 aliphatic rings. The minimum Gasteiger partial charge on any atom is -0.506 e. The lowest BCUT2D eigenvalue weighted by Crippen LogP contribution is -2.40. The molecule has 7 N–H and O–H groups in total. The van der Waals surface area contributed by atoms with Gasteiger partial charge in [-0.15, -0.1) is 0 Å². The summed E-state index contributed by atoms with van der Waals surface area (Å²) >= 11 is 0. The summed E-state index contributed by atoms with van der Waals surface area (Å²) in [6.07, 6.45) is 2.08. The predicted molar refractivity (Wildman–Crippen MR) is 93.9 cm³/mol. The number of carboxylic acids is 2. The van der Waals surface area contributed by atoms with Crippen LogP contribution in [0.25, 0.3) is 0 Å². The van der Waals surface area contributed by atoms with Crippen LogP contribution in [0.5, 0.6) is 5.75 Å². The summed E-state index contributed by atoms with van der Waals surface area (Å²) in [7, 11) is 1.65. The lowest BCUT2D eigenvalue weighted by molar-refractivity contribution is -0.134. The van der Waals surface area contributed by atoms with Crippen LogP contribution in [-0.2, 0) is 20.7 Å². The minimum atomic E-state index is -1.26. The van der Waals surface area contributed by atoms with E-state index in [9.17, 15) is 19.8 Å². The number of anilines is 1. The van der Waals surface area contributed by atoms with Crippen LogP contribution >= 0.6 is 0 Å². The highest BCUT2D eigenvalue weighted by Gasteiger charge is 2.29. The lowest BCUT2D eigenvalue weighted by atomic mass is 9.84. The molecule has 9 heteroatoms. The Balaban J connectivity index is 0.000000359. The number of fused-ring (bicyclic) bond motifs is 1. The molecule has 0 radical (unpaired) electrons. The Morgan fingerprint density at radius 1 is 1.31 bits per heavy atom. The number of aliphatic hydroxyl groups is 1. The van der Waals surface area contributed by atoms with Crippen LogP contribution < -0.4 is 11.1 Å². The molecule has 0 bridgehead atoms. The van der Waals surface area contributed by atoms with Crippen LogP contribution in [0.3, 0.4) is 0 Å². The van der Waals surface area contributed by atoms with E-state index < -0.39 is 18.0 Å². The summed E-state index contributed by atoms with van der Waals surface area (Å²) < 4.78 is 4.98. The second-order valence-electron chi connectivity index (χ2n) is 5.61. The van der Waals surface area contributed by atoms with Crippen molar-refractivity contribution in [3.05, 3.63) is 35.4 Å². The molecule has 9 nitrogen and oxygen atoms in total. The molecule has 2 rings (SSSR count). The number of benzene rings is 1. The molecular weight excluding hydrogens is 344 g/mol. The molecule has 144 valence electrons. The van der Waals surface area contributed by atoms with Gasteiger partial charge < -0.3 is 36.2 Å². The molecule has 0 heterocycles. The zero-order valence-corrected chi connectivity index (χ0v) is 14.4. The van der Waals surface area contributed by atoms with E-state index in [2.05, 4.69) is 5.32 Å². The molecule has 0 aliphatic heterocycles. The Morgan fingerprint density at radius 3 is 2.46 bits per heavy atom. The second-order valence-corrected chi connectivity index (χ2v) is 5.61. The number of hydrogen-bond donors (Lipinski definition) is 6. The van der Waals surface area contributed by atoms with Crippen molar-refractivity contribution in [1.29, 1.82) is 0 Å². The Bertz CT molecular complexity index is 645. The lowest BCUT2D eigenvalue weighted by Gasteiger charge is -2.31. The summed E-state index contributed by atoms with van der Waals surface area (Å²) in [5.41, 5.74) is 7.90. The molecule has 1 aromatic carbocycles. The molecular formula is C17H24N2O7. The highest BCUT2D eigenvalue weighted by Crippen LogP contribution is 2.37. The first-order valence-corrected chi connectivity index (χ1v) is 7.92. The van der Waals surface area contributed by atoms with E-state index in [1.165, 1.54) is 6.07 Å². The third-order valence-corrected chi connectivity index (χ3v) is 3.86. The molecule has 0 fully saturated rings. The van der Waals surface area contributed by atoms with E-state index in [4.69, 9.17) is 20.7 Å². The topological polar surface area (TPSA) is 162 Å². The van der Waals surface area contributed by atoms with Crippen molar-refractivity contribution in [1.82, 2.24) is 5.32 Å². The fourth-order valence-electron chi connectivity index (χ4n) is 2.60. The van der Waals surface area contributed by atoms with Gasteiger partial charge in [-0.25, -0.2) is 9.59 Å². The van der Waals surface area contributed by atoms with Crippen molar-refractivity contribution in [3.63, 3.8) is 0 Å². The van der Waals surface area contributed by atoms with Gasteiger partial charge in [0.1, 0.15) is 5.75 Å². The zero-order chi connectivity index (χ0) is 19.7. The van der Waals surface area contributed by atoms with E-state index >= 15 is 0 Å². The fraction of sp³-hybridized carbons (Fsp3) is 0.412. The largest absolute Gasteiger partial charge is 0.506 e. The quantitative estimate of drug-likeness (QED) is 0.179. The number of rotatable bonds is 6. The van der Waals surface area contributed by atoms with Crippen LogP contribution in [0, 0.1) is 0 Å². The molecule has 0 saturated carbocycles. The number of hydrogen-bond acceptors (Lipinski definition) is 7. The van der Waals surface area contributed by atoms with Gasteiger partial charge in [0.05, 0.1) is 18.4 Å². The van der Waals surface area contributed by atoms with Gasteiger partial charge in [-0.2, -0.15) is 0 Å². The van der Waals surface area contributed by atoms with Crippen LogP contribution in [0.4, 0.5) is 5.69 Å². The number of phenols is 1. The summed E-state index contributed by atoms with van der Waals surface area (Å²) in [6.45, 7) is 1.33. The molecule has 26 heavy (non-hydrogen) atoms. The Labute approximate surface area is 150 Å². The number of carbonyl (C=O) groups is 2. The monoisotopic (exact) mass is 368 g/mol. The number of aliphatic hydroxyl groups excluding tert-OH is 1. The number of nitrogens with two attached hydrogens (primary N) is 1. The summed E-state index contributed by atoms with van der Waals surface area (Å²) in [6, 6.07) is 3.29. The fourth-order valence-corrected chi connectivity index (χ4v) is 2.60. The van der Waals surface area contributed by atoms with Crippen molar-refractivity contribution in [2.45, 2.75) is 25.0 Å². The average Bonchev–Trinajstić information content (AvgIpc) is 2.59. The normalized spacial score (nSPS) is 18.7. The summed E-state index contributed by atoms with van der Waals surface area (Å²) in [5.74, 6) is -2.42. The van der Waals surface area contributed by atoms with Gasteiger partial charge in [0.15, 0.2) is 0 Å². The van der Waals surface area contributed by atoms with Gasteiger partial charge in [0.2, 0.25) is 0 Å². The van der Waals surface area contributed by atoms with Crippen molar-refractivity contribution < 1.29 is 34.8 Å². The minimum absolute atomic E-state index is 0.0107. The highest BCUT2D eigenvalue weighted by molar-refractivity contribution is 5.89. The maximum Gasteiger partial charge on any atom is 0.328 e. The van der Waals surface area contributed by atoms with E-state index in [0.29, 0.717) is 31.0 Å². The first-order chi connectivity index (χ1) is 12.3. The molecule has 0 aromatic heterocycles. The van der Waals surface area contributed by atoms with Gasteiger partial charge in [0.25, 0.3) is 0 Å². The highest BCUT2D eigenvalue weighted by atomic mass is 16.5. The standard InChI is InChI=1S/C13H20N2O3.C4H4O4/c1-18-7-6-15-10-4-2-8-9(13(10)17)3-5-11(16)12(8)14;5-3(6)1-2-4(7)8/h3,5,10,13,15-17H,2,4,6-7,14H2,1H3;1-2H,(H,5,6)(H,7,8)/b;2-1+. The summed E-state index contributed by atoms with van der Waals surface area (Å²) in [5, 5.41) is 38.8. The third-order valence-electron chi connectivity index (χ3n) is 3.86. The third kappa shape index (κ3) is 6.36. The number of aliphatic carboxylic acids is 2. The van der Waals surface area contributed by atoms with Crippen molar-refractivity contribution >= 4 is 17.6 Å². The Morgan fingerprint density at radius 2 is 1.92 bits per heavy atom. The Kier molecular flexibility index (Phi) is 8.56. The smallest absolute Gasteiger partial charge is 0.328 e. The number of nitrogens with one attached hydrogen (secondary N) is 1. The number of carboxylic acid groups (broad SMARTS) is 2. The number of nitrogen functional groups attached to an aromatic ring is 1. The van der Waals surface area contributed by atoms with E-state index in [1.807, 2.05) is 0 Å². The van der Waals surface area contributed by atoms with Crippen molar-refractivity contribution in [2.75, 3.05) is 26.0 Å². The van der Waals surface area contributed by atoms with E-state index in [1.54, 1.807) is 13.2 Å². The SMILES string of the molecule is COCCNC1CCc2c(ccc(O)c2N)C1O.O=C(O)/C=C/C(=O)O. The number of ether oxygens (including phenoxy) is 1. The van der Waals surface area contributed by atoms with Crippen LogP contribution in [-0.4, -0.2) is 58.7 Å². The first-order valence-electron chi connectivity index (χ1n) is 7.92. The summed E-state index contributed by atoms with van der Waals surface area (Å²) in [4.78, 5) is 19.1. The van der Waals surface area contributed by atoms with Crippen LogP contribution in [0.15, 0.2) is 24.3 Å². The second kappa shape index (κ2) is 10.4. The average molecular weight is 368 g/mol. The van der Waals surface area contributed by atoms with Gasteiger partial charge in [-0.05, 0) is 30.0 Å². The van der Waals surface area contributed by atoms with Crippen LogP contribution in [0.1, 0.15) is 23.7 Å². The van der Waals surface area contributed by atoms with E-state index in [0.717, 1.165) is 24.0 Å². The van der Waals surface area contributed by atoms with Crippen molar-refractivity contribution in [2.24, 2.45) is 0 Å². The van der Waals surface area contributed by atoms with Gasteiger partial charge >= 0.3 is 11.9 Å². The van der Waals surface area contributed by atoms with Crippen molar-refractivity contribution in [3.8, 4) is 5.75 Å². The maximum absolute atomic E-state index is 10.3. The van der Waals surface area contributed by atoms with Gasteiger partial charge in [0, 0.05) is 31.8 Å². The zero-order valence-electron chi connectivity index (χ0n) is 14.4. The molecule has 1 aliphatic carbocycles. The molecule has 0 saturated heterocycles. The van der Waals surface area contributed by atoms with Crippen LogP contribution in [0.2, 0.25) is 0 Å². The number of methoxy groups -OCH3 is 1. The van der Waals surface area contributed by atoms with E-state index in [-0.39, 0.29) is 11.8 Å². The molecule has 0 spiro atoms. The molecule has 2 unspecified atom stereocenters. The maximum atomic E-state index is 10.3. The van der Waals surface area contributed by atoms with Gasteiger partial charge in [-0.3, -0.25) is 0 Å². The molecule has 1 aromatic rings. The number of phenolic OH excluding ortho intramolecular Hbond substituents is 1.